The molecule has 7 heteroatoms. The van der Waals surface area contributed by atoms with Crippen molar-refractivity contribution in [3.05, 3.63) is 102 Å². The van der Waals surface area contributed by atoms with Crippen molar-refractivity contribution < 1.29 is 27.9 Å². The van der Waals surface area contributed by atoms with E-state index < -0.39 is 22.3 Å². The Balaban J connectivity index is 0.000000287. The molecular formula is C27H34O6S. The molecule has 0 spiro atoms. The molecule has 0 saturated heterocycles. The zero-order valence-corrected chi connectivity index (χ0v) is 20.3. The molecule has 0 aliphatic rings. The molecule has 6 nitrogen and oxygen atoms in total. The van der Waals surface area contributed by atoms with Crippen LogP contribution in [0.15, 0.2) is 89.8 Å². The molecule has 0 saturated carbocycles. The number of aryl methyl sites for hydroxylation is 3. The van der Waals surface area contributed by atoms with Crippen LogP contribution in [0.4, 0.5) is 0 Å². The Morgan fingerprint density at radius 1 is 0.735 bits per heavy atom. The van der Waals surface area contributed by atoms with Crippen LogP contribution in [0, 0.1) is 6.92 Å². The van der Waals surface area contributed by atoms with Gasteiger partial charge in [0.1, 0.15) is 0 Å². The van der Waals surface area contributed by atoms with Gasteiger partial charge in [0.2, 0.25) is 0 Å². The topological polar surface area (TPSA) is 104 Å². The van der Waals surface area contributed by atoms with Crippen molar-refractivity contribution in [1.29, 1.82) is 0 Å². The SMILES string of the molecule is Cc1ccc(S(=O)(=O)OC[C@@H](O)CCc2ccccc2)cc1.OC[C@@H](O)CCc1ccccc1. The highest BCUT2D eigenvalue weighted by molar-refractivity contribution is 7.86. The first-order chi connectivity index (χ1) is 16.3. The van der Waals surface area contributed by atoms with Crippen molar-refractivity contribution in [2.45, 2.75) is 49.7 Å². The fourth-order valence-corrected chi connectivity index (χ4v) is 4.01. The number of aliphatic hydroxyl groups is 3. The molecule has 0 amide bonds. The predicted octanol–water partition coefficient (Wildman–Crippen LogP) is 3.67. The Morgan fingerprint density at radius 2 is 1.21 bits per heavy atom. The van der Waals surface area contributed by atoms with Crippen molar-refractivity contribution in [3.8, 4) is 0 Å². The van der Waals surface area contributed by atoms with Crippen LogP contribution in [0.25, 0.3) is 0 Å². The number of benzene rings is 3. The van der Waals surface area contributed by atoms with Crippen molar-refractivity contribution in [3.63, 3.8) is 0 Å². The number of hydrogen-bond acceptors (Lipinski definition) is 6. The largest absolute Gasteiger partial charge is 0.394 e. The first-order valence-corrected chi connectivity index (χ1v) is 12.7. The van der Waals surface area contributed by atoms with Crippen LogP contribution in [0.5, 0.6) is 0 Å². The molecule has 0 heterocycles. The molecule has 3 aromatic carbocycles. The molecule has 0 radical (unpaired) electrons. The first kappa shape index (κ1) is 27.7. The van der Waals surface area contributed by atoms with Crippen LogP contribution in [-0.4, -0.2) is 49.2 Å². The van der Waals surface area contributed by atoms with E-state index in [1.54, 1.807) is 12.1 Å². The van der Waals surface area contributed by atoms with Gasteiger partial charge in [0.25, 0.3) is 10.1 Å². The molecule has 0 unspecified atom stereocenters. The number of rotatable bonds is 11. The summed E-state index contributed by atoms with van der Waals surface area (Å²) in [5.41, 5.74) is 3.27. The van der Waals surface area contributed by atoms with E-state index in [0.717, 1.165) is 17.5 Å². The van der Waals surface area contributed by atoms with E-state index in [9.17, 15) is 13.5 Å². The van der Waals surface area contributed by atoms with E-state index >= 15 is 0 Å². The van der Waals surface area contributed by atoms with Crippen LogP contribution in [0.2, 0.25) is 0 Å². The lowest BCUT2D eigenvalue weighted by molar-refractivity contribution is 0.0886. The third kappa shape index (κ3) is 10.6. The molecule has 34 heavy (non-hydrogen) atoms. The molecule has 184 valence electrons. The molecule has 0 aliphatic heterocycles. The third-order valence-corrected chi connectivity index (χ3v) is 6.45. The van der Waals surface area contributed by atoms with Gasteiger partial charge in [-0.3, -0.25) is 4.18 Å². The summed E-state index contributed by atoms with van der Waals surface area (Å²) in [4.78, 5) is 0.105. The Kier molecular flexibility index (Phi) is 11.9. The van der Waals surface area contributed by atoms with Crippen molar-refractivity contribution >= 4 is 10.1 Å². The van der Waals surface area contributed by atoms with Gasteiger partial charge in [-0.05, 0) is 55.9 Å². The monoisotopic (exact) mass is 486 g/mol. The Morgan fingerprint density at radius 3 is 1.68 bits per heavy atom. The van der Waals surface area contributed by atoms with Crippen molar-refractivity contribution in [1.82, 2.24) is 0 Å². The van der Waals surface area contributed by atoms with Crippen molar-refractivity contribution in [2.24, 2.45) is 0 Å². The normalized spacial score (nSPS) is 12.9. The maximum atomic E-state index is 12.0. The van der Waals surface area contributed by atoms with Crippen LogP contribution < -0.4 is 0 Å². The Labute approximate surface area is 202 Å². The Bertz CT molecular complexity index is 1040. The fourth-order valence-electron chi connectivity index (χ4n) is 3.07. The lowest BCUT2D eigenvalue weighted by Crippen LogP contribution is -2.19. The van der Waals surface area contributed by atoms with Crippen LogP contribution in [0.3, 0.4) is 0 Å². The van der Waals surface area contributed by atoms with Gasteiger partial charge in [0.15, 0.2) is 0 Å². The maximum Gasteiger partial charge on any atom is 0.297 e. The van der Waals surface area contributed by atoms with Gasteiger partial charge in [0, 0.05) is 0 Å². The molecule has 0 fully saturated rings. The smallest absolute Gasteiger partial charge is 0.297 e. The second kappa shape index (κ2) is 14.7. The lowest BCUT2D eigenvalue weighted by Gasteiger charge is -2.11. The maximum absolute atomic E-state index is 12.0. The minimum absolute atomic E-state index is 0.105. The van der Waals surface area contributed by atoms with Gasteiger partial charge < -0.3 is 15.3 Å². The summed E-state index contributed by atoms with van der Waals surface area (Å²) in [5, 5.41) is 27.5. The molecule has 3 N–H and O–H groups in total. The molecule has 3 rings (SSSR count). The van der Waals surface area contributed by atoms with E-state index in [1.165, 1.54) is 17.7 Å². The molecular weight excluding hydrogens is 452 g/mol. The molecule has 2 atom stereocenters. The quantitative estimate of drug-likeness (QED) is 0.357. The highest BCUT2D eigenvalue weighted by atomic mass is 32.2. The molecule has 0 bridgehead atoms. The first-order valence-electron chi connectivity index (χ1n) is 11.3. The summed E-state index contributed by atoms with van der Waals surface area (Å²) >= 11 is 0. The number of hydrogen-bond donors (Lipinski definition) is 3. The zero-order chi connectivity index (χ0) is 24.8. The van der Waals surface area contributed by atoms with E-state index in [-0.39, 0.29) is 18.1 Å². The third-order valence-electron chi connectivity index (χ3n) is 5.15. The predicted molar refractivity (Wildman–Crippen MR) is 133 cm³/mol. The minimum atomic E-state index is -3.82. The fraction of sp³-hybridized carbons (Fsp3) is 0.333. The summed E-state index contributed by atoms with van der Waals surface area (Å²) < 4.78 is 28.9. The molecule has 0 aromatic heterocycles. The van der Waals surface area contributed by atoms with Gasteiger partial charge in [-0.2, -0.15) is 8.42 Å². The Hall–Kier alpha value is -2.55. The van der Waals surface area contributed by atoms with Gasteiger partial charge in [-0.25, -0.2) is 0 Å². The summed E-state index contributed by atoms with van der Waals surface area (Å²) in [5.74, 6) is 0. The van der Waals surface area contributed by atoms with Crippen molar-refractivity contribution in [2.75, 3.05) is 13.2 Å². The summed E-state index contributed by atoms with van der Waals surface area (Å²) in [6.45, 7) is 1.50. The second-order valence-corrected chi connectivity index (χ2v) is 9.71. The highest BCUT2D eigenvalue weighted by Crippen LogP contribution is 2.14. The van der Waals surface area contributed by atoms with Crippen LogP contribution >= 0.6 is 0 Å². The van der Waals surface area contributed by atoms with Gasteiger partial charge in [-0.1, -0.05) is 78.4 Å². The van der Waals surface area contributed by atoms with E-state index in [4.69, 9.17) is 14.4 Å². The highest BCUT2D eigenvalue weighted by Gasteiger charge is 2.17. The van der Waals surface area contributed by atoms with Crippen LogP contribution in [0.1, 0.15) is 29.5 Å². The standard InChI is InChI=1S/C17H20O4S.C10H14O2/c1-14-7-11-17(12-8-14)22(19,20)21-13-16(18)10-9-15-5-3-2-4-6-15;11-8-10(12)7-6-9-4-2-1-3-5-9/h2-8,11-12,16,18H,9-10,13H2,1H3;1-5,10-12H,6-8H2/t16-;10-/m00/s1. The summed E-state index contributed by atoms with van der Waals surface area (Å²) in [6, 6.07) is 26.1. The lowest BCUT2D eigenvalue weighted by atomic mass is 10.1. The van der Waals surface area contributed by atoms with E-state index in [1.807, 2.05) is 67.6 Å². The average Bonchev–Trinajstić information content (AvgIpc) is 2.86. The van der Waals surface area contributed by atoms with Gasteiger partial charge in [-0.15, -0.1) is 0 Å². The van der Waals surface area contributed by atoms with E-state index in [0.29, 0.717) is 19.3 Å². The summed E-state index contributed by atoms with van der Waals surface area (Å²) in [7, 11) is -3.82. The second-order valence-electron chi connectivity index (χ2n) is 8.09. The van der Waals surface area contributed by atoms with E-state index in [2.05, 4.69) is 0 Å². The van der Waals surface area contributed by atoms with Gasteiger partial charge >= 0.3 is 0 Å². The average molecular weight is 487 g/mol. The summed E-state index contributed by atoms with van der Waals surface area (Å²) in [6.07, 6.45) is 1.18. The zero-order valence-electron chi connectivity index (χ0n) is 19.5. The van der Waals surface area contributed by atoms with Crippen LogP contribution in [-0.2, 0) is 27.1 Å². The minimum Gasteiger partial charge on any atom is -0.394 e. The molecule has 0 aliphatic carbocycles. The molecule has 3 aromatic rings. The van der Waals surface area contributed by atoms with Gasteiger partial charge in [0.05, 0.1) is 30.3 Å². The number of aliphatic hydroxyl groups excluding tert-OH is 3.